The molecule has 0 fully saturated rings. The number of carbonyl (C=O) groups excluding carboxylic acids is 2. The first-order chi connectivity index (χ1) is 12.9. The van der Waals surface area contributed by atoms with E-state index in [0.717, 1.165) is 37.9 Å². The largest absolute Gasteiger partial charge is 0.347 e. The fourth-order valence-corrected chi connectivity index (χ4v) is 3.36. The predicted octanol–water partition coefficient (Wildman–Crippen LogP) is 1.67. The van der Waals surface area contributed by atoms with Gasteiger partial charge in [-0.1, -0.05) is 12.8 Å². The monoisotopic (exact) mass is 370 g/mol. The Morgan fingerprint density at radius 3 is 2.59 bits per heavy atom. The number of aryl methyl sites for hydroxylation is 1. The first kappa shape index (κ1) is 19.1. The molecule has 0 spiro atoms. The van der Waals surface area contributed by atoms with Crippen LogP contribution in [0.2, 0.25) is 0 Å². The highest BCUT2D eigenvalue weighted by Crippen LogP contribution is 2.17. The Labute approximate surface area is 158 Å². The molecule has 2 heterocycles. The third-order valence-corrected chi connectivity index (χ3v) is 5.03. The topological polar surface area (TPSA) is 75.5 Å². The number of amides is 2. The molecule has 2 aromatic rings. The van der Waals surface area contributed by atoms with Gasteiger partial charge in [-0.2, -0.15) is 0 Å². The van der Waals surface area contributed by atoms with E-state index in [1.54, 1.807) is 43.9 Å². The van der Waals surface area contributed by atoms with Gasteiger partial charge in [0.15, 0.2) is 0 Å². The summed E-state index contributed by atoms with van der Waals surface area (Å²) in [6.45, 7) is 0.706. The lowest BCUT2D eigenvalue weighted by atomic mass is 10.1. The summed E-state index contributed by atoms with van der Waals surface area (Å²) < 4.78 is 1.78. The molecule has 144 valence electrons. The highest BCUT2D eigenvalue weighted by molar-refractivity contribution is 5.99. The van der Waals surface area contributed by atoms with Crippen LogP contribution in [0.5, 0.6) is 0 Å². The van der Waals surface area contributed by atoms with Crippen molar-refractivity contribution in [1.82, 2.24) is 19.4 Å². The Kier molecular flexibility index (Phi) is 5.58. The molecule has 0 bridgehead atoms. The maximum atomic E-state index is 12.9. The molecule has 0 radical (unpaired) electrons. The zero-order valence-electron chi connectivity index (χ0n) is 16.2. The highest BCUT2D eigenvalue weighted by atomic mass is 16.2. The molecule has 0 saturated heterocycles. The smallest absolute Gasteiger partial charge is 0.261 e. The second-order valence-electron chi connectivity index (χ2n) is 7.33. The molecule has 27 heavy (non-hydrogen) atoms. The normalized spacial score (nSPS) is 14.2. The molecule has 7 heteroatoms. The average molecular weight is 370 g/mol. The van der Waals surface area contributed by atoms with Crippen LogP contribution in [0.1, 0.15) is 41.9 Å². The number of benzene rings is 1. The van der Waals surface area contributed by atoms with Crippen LogP contribution in [-0.2, 0) is 17.8 Å². The lowest BCUT2D eigenvalue weighted by Crippen LogP contribution is -2.37. The highest BCUT2D eigenvalue weighted by Gasteiger charge is 2.18. The molecule has 1 aromatic carbocycles. The van der Waals surface area contributed by atoms with Gasteiger partial charge in [-0.15, -0.1) is 0 Å². The Balaban J connectivity index is 1.95. The first-order valence-corrected chi connectivity index (χ1v) is 9.37. The predicted molar refractivity (Wildman–Crippen MR) is 104 cm³/mol. The van der Waals surface area contributed by atoms with Crippen LogP contribution >= 0.6 is 0 Å². The van der Waals surface area contributed by atoms with Crippen LogP contribution in [0.3, 0.4) is 0 Å². The second-order valence-corrected chi connectivity index (χ2v) is 7.33. The van der Waals surface area contributed by atoms with Crippen molar-refractivity contribution in [2.45, 2.75) is 38.6 Å². The minimum Gasteiger partial charge on any atom is -0.347 e. The van der Waals surface area contributed by atoms with Crippen molar-refractivity contribution >= 4 is 22.7 Å². The van der Waals surface area contributed by atoms with Gasteiger partial charge in [0, 0.05) is 39.7 Å². The molecule has 0 saturated carbocycles. The summed E-state index contributed by atoms with van der Waals surface area (Å²) in [5, 5.41) is 0.530. The van der Waals surface area contributed by atoms with Crippen molar-refractivity contribution in [3.05, 3.63) is 39.9 Å². The van der Waals surface area contributed by atoms with Crippen LogP contribution < -0.4 is 5.56 Å². The van der Waals surface area contributed by atoms with Gasteiger partial charge in [-0.25, -0.2) is 4.98 Å². The van der Waals surface area contributed by atoms with E-state index in [2.05, 4.69) is 4.98 Å². The van der Waals surface area contributed by atoms with Crippen LogP contribution in [-0.4, -0.2) is 58.9 Å². The van der Waals surface area contributed by atoms with Crippen molar-refractivity contribution in [2.75, 3.05) is 27.7 Å². The zero-order valence-corrected chi connectivity index (χ0v) is 16.2. The summed E-state index contributed by atoms with van der Waals surface area (Å²) in [4.78, 5) is 44.9. The molecule has 0 unspecified atom stereocenters. The molecule has 0 aliphatic carbocycles. The van der Waals surface area contributed by atoms with Gasteiger partial charge in [0.05, 0.1) is 17.4 Å². The van der Waals surface area contributed by atoms with Gasteiger partial charge in [0.25, 0.3) is 11.5 Å². The quantitative estimate of drug-likeness (QED) is 0.824. The van der Waals surface area contributed by atoms with Crippen molar-refractivity contribution in [3.8, 4) is 0 Å². The van der Waals surface area contributed by atoms with E-state index in [1.165, 1.54) is 9.80 Å². The maximum absolute atomic E-state index is 12.9. The summed E-state index contributed by atoms with van der Waals surface area (Å²) in [7, 11) is 4.90. The second kappa shape index (κ2) is 7.90. The zero-order chi connectivity index (χ0) is 19.6. The minimum absolute atomic E-state index is 0.00411. The van der Waals surface area contributed by atoms with E-state index < -0.39 is 0 Å². The maximum Gasteiger partial charge on any atom is 0.261 e. The molecular formula is C20H26N4O3. The van der Waals surface area contributed by atoms with Gasteiger partial charge in [0.2, 0.25) is 5.91 Å². The van der Waals surface area contributed by atoms with Gasteiger partial charge in [0.1, 0.15) is 5.82 Å². The molecule has 3 rings (SSSR count). The third kappa shape index (κ3) is 4.02. The lowest BCUT2D eigenvalue weighted by Gasteiger charge is -2.20. The number of rotatable bonds is 3. The standard InChI is InChI=1S/C20H26N4O3/c1-22(2)18(25)13-23(3)19(26)14-9-10-15-16(12-14)21-17-8-6-4-5-7-11-24(17)20(15)27/h9-10,12H,4-8,11,13H2,1-3H3. The fourth-order valence-electron chi connectivity index (χ4n) is 3.36. The summed E-state index contributed by atoms with van der Waals surface area (Å²) in [6.07, 6.45) is 5.07. The van der Waals surface area contributed by atoms with E-state index >= 15 is 0 Å². The van der Waals surface area contributed by atoms with Gasteiger partial charge in [-0.05, 0) is 31.0 Å². The van der Waals surface area contributed by atoms with E-state index in [4.69, 9.17) is 0 Å². The Morgan fingerprint density at radius 2 is 1.85 bits per heavy atom. The van der Waals surface area contributed by atoms with Crippen molar-refractivity contribution in [3.63, 3.8) is 0 Å². The molecule has 0 N–H and O–H groups in total. The molecular weight excluding hydrogens is 344 g/mol. The Bertz CT molecular complexity index is 933. The number of hydrogen-bond acceptors (Lipinski definition) is 4. The van der Waals surface area contributed by atoms with Crippen molar-refractivity contribution in [1.29, 1.82) is 0 Å². The molecule has 7 nitrogen and oxygen atoms in total. The molecule has 1 aliphatic rings. The summed E-state index contributed by atoms with van der Waals surface area (Å²) in [5.41, 5.74) is 0.941. The number of carbonyl (C=O) groups is 2. The van der Waals surface area contributed by atoms with E-state index in [-0.39, 0.29) is 23.9 Å². The van der Waals surface area contributed by atoms with Gasteiger partial charge < -0.3 is 9.80 Å². The summed E-state index contributed by atoms with van der Waals surface area (Å²) in [6, 6.07) is 4.97. The number of hydrogen-bond donors (Lipinski definition) is 0. The van der Waals surface area contributed by atoms with Crippen LogP contribution in [0.15, 0.2) is 23.0 Å². The third-order valence-electron chi connectivity index (χ3n) is 5.03. The Morgan fingerprint density at radius 1 is 1.11 bits per heavy atom. The lowest BCUT2D eigenvalue weighted by molar-refractivity contribution is -0.129. The summed E-state index contributed by atoms with van der Waals surface area (Å²) >= 11 is 0. The molecule has 0 atom stereocenters. The summed E-state index contributed by atoms with van der Waals surface area (Å²) in [5.74, 6) is 0.387. The minimum atomic E-state index is -0.263. The Hall–Kier alpha value is -2.70. The van der Waals surface area contributed by atoms with Crippen molar-refractivity contribution < 1.29 is 9.59 Å². The van der Waals surface area contributed by atoms with E-state index in [0.29, 0.717) is 23.0 Å². The van der Waals surface area contributed by atoms with E-state index in [1.807, 2.05) is 0 Å². The SMILES string of the molecule is CN(C)C(=O)CN(C)C(=O)c1ccc2c(=O)n3c(nc2c1)CCCCCC3. The number of nitrogens with zero attached hydrogens (tertiary/aromatic N) is 4. The molecule has 1 aliphatic heterocycles. The molecule has 1 aromatic heterocycles. The van der Waals surface area contributed by atoms with Crippen molar-refractivity contribution in [2.24, 2.45) is 0 Å². The number of aromatic nitrogens is 2. The van der Waals surface area contributed by atoms with Crippen LogP contribution in [0.25, 0.3) is 10.9 Å². The van der Waals surface area contributed by atoms with Gasteiger partial charge in [-0.3, -0.25) is 19.0 Å². The van der Waals surface area contributed by atoms with E-state index in [9.17, 15) is 14.4 Å². The van der Waals surface area contributed by atoms with Crippen LogP contribution in [0.4, 0.5) is 0 Å². The first-order valence-electron chi connectivity index (χ1n) is 9.37. The number of fused-ring (bicyclic) bond motifs is 2. The fraction of sp³-hybridized carbons (Fsp3) is 0.500. The number of likely N-dealkylation sites (N-methyl/N-ethyl adjacent to an activating group) is 2. The van der Waals surface area contributed by atoms with Crippen LogP contribution in [0, 0.1) is 0 Å². The molecule has 2 amide bonds. The van der Waals surface area contributed by atoms with Gasteiger partial charge >= 0.3 is 0 Å². The average Bonchev–Trinajstić information content (AvgIpc) is 2.62.